The number of rotatable bonds is 8. The first-order valence-corrected chi connectivity index (χ1v) is 16.5. The predicted octanol–water partition coefficient (Wildman–Crippen LogP) is 4.55. The molecule has 5 heterocycles. The van der Waals surface area contributed by atoms with E-state index in [-0.39, 0.29) is 28.8 Å². The molecule has 1 saturated carbocycles. The van der Waals surface area contributed by atoms with Crippen molar-refractivity contribution >= 4 is 72.5 Å². The second-order valence-corrected chi connectivity index (χ2v) is 13.2. The number of carbonyl (C=O) groups is 1. The van der Waals surface area contributed by atoms with Crippen LogP contribution in [0.15, 0.2) is 48.9 Å². The zero-order valence-corrected chi connectivity index (χ0v) is 24.8. The Balaban J connectivity index is 1.22. The van der Waals surface area contributed by atoms with Crippen LogP contribution in [0.2, 0.25) is 0 Å². The molecule has 1 saturated heterocycles. The second kappa shape index (κ2) is 10.8. The number of thioether (sulfide) groups is 2. The lowest BCUT2D eigenvalue weighted by atomic mass is 10.1. The normalized spacial score (nSPS) is 17.8. The van der Waals surface area contributed by atoms with Crippen molar-refractivity contribution in [3.05, 3.63) is 55.2 Å². The van der Waals surface area contributed by atoms with Gasteiger partial charge in [0.05, 0.1) is 29.7 Å². The Morgan fingerprint density at radius 2 is 1.97 bits per heavy atom. The molecule has 39 heavy (non-hydrogen) atoms. The summed E-state index contributed by atoms with van der Waals surface area (Å²) in [6, 6.07) is 2.00. The van der Waals surface area contributed by atoms with Crippen molar-refractivity contribution < 1.29 is 9.53 Å². The van der Waals surface area contributed by atoms with Crippen molar-refractivity contribution in [2.24, 2.45) is 0 Å². The van der Waals surface area contributed by atoms with Crippen LogP contribution in [0, 0.1) is 0 Å². The van der Waals surface area contributed by atoms with E-state index in [2.05, 4.69) is 11.6 Å². The lowest BCUT2D eigenvalue weighted by Crippen LogP contribution is -2.43. The van der Waals surface area contributed by atoms with Gasteiger partial charge in [-0.1, -0.05) is 35.7 Å². The smallest absolute Gasteiger partial charge is 0.263 e. The standard InChI is InChI=1S/C26H27N5O4S4/c1-14(2)10-30-23(33)16-6-9-37-21(16)27-25(30)39-13-19(32)29-7-8-35-18(11-29)17-12-38-22-20(17)24(34)31(15-4-5-15)26(28-22)36-3/h6,9,12,15,18H,1,4-5,7-8,10-11,13H2,2-3H3. The fraction of sp³-hybridized carbons (Fsp3) is 0.423. The van der Waals surface area contributed by atoms with Gasteiger partial charge in [0.2, 0.25) is 5.91 Å². The maximum absolute atomic E-state index is 13.5. The lowest BCUT2D eigenvalue weighted by Gasteiger charge is -2.33. The maximum atomic E-state index is 13.5. The summed E-state index contributed by atoms with van der Waals surface area (Å²) in [6.45, 7) is 7.36. The number of aromatic nitrogens is 4. The molecular weight excluding hydrogens is 575 g/mol. The van der Waals surface area contributed by atoms with E-state index in [4.69, 9.17) is 9.72 Å². The molecule has 1 aliphatic heterocycles. The van der Waals surface area contributed by atoms with Crippen LogP contribution in [0.1, 0.15) is 37.5 Å². The first kappa shape index (κ1) is 26.8. The molecule has 0 bridgehead atoms. The molecule has 1 atom stereocenters. The Kier molecular flexibility index (Phi) is 7.44. The number of thiophene rings is 2. The lowest BCUT2D eigenvalue weighted by molar-refractivity contribution is -0.136. The van der Waals surface area contributed by atoms with E-state index in [1.54, 1.807) is 15.5 Å². The molecule has 4 aromatic rings. The fourth-order valence-corrected chi connectivity index (χ4v) is 8.12. The minimum Gasteiger partial charge on any atom is -0.370 e. The van der Waals surface area contributed by atoms with Crippen molar-refractivity contribution in [2.45, 2.75) is 48.8 Å². The maximum Gasteiger partial charge on any atom is 0.263 e. The van der Waals surface area contributed by atoms with Gasteiger partial charge in [-0.15, -0.1) is 22.7 Å². The van der Waals surface area contributed by atoms with Crippen molar-refractivity contribution in [1.29, 1.82) is 0 Å². The molecule has 1 amide bonds. The summed E-state index contributed by atoms with van der Waals surface area (Å²) in [5, 5.41) is 6.25. The highest BCUT2D eigenvalue weighted by Crippen LogP contribution is 2.38. The highest BCUT2D eigenvalue weighted by molar-refractivity contribution is 7.99. The fourth-order valence-electron chi connectivity index (χ4n) is 4.77. The summed E-state index contributed by atoms with van der Waals surface area (Å²) < 4.78 is 9.50. The molecule has 204 valence electrons. The van der Waals surface area contributed by atoms with E-state index in [1.807, 2.05) is 28.5 Å². The van der Waals surface area contributed by atoms with Crippen molar-refractivity contribution in [2.75, 3.05) is 31.7 Å². The Morgan fingerprint density at radius 3 is 2.72 bits per heavy atom. The molecule has 1 aliphatic carbocycles. The van der Waals surface area contributed by atoms with E-state index in [0.29, 0.717) is 51.8 Å². The van der Waals surface area contributed by atoms with Crippen molar-refractivity contribution in [3.63, 3.8) is 0 Å². The molecule has 6 rings (SSSR count). The van der Waals surface area contributed by atoms with Crippen LogP contribution in [0.25, 0.3) is 20.4 Å². The van der Waals surface area contributed by atoms with Gasteiger partial charge in [0.15, 0.2) is 10.3 Å². The van der Waals surface area contributed by atoms with Gasteiger partial charge in [0, 0.05) is 24.7 Å². The topological polar surface area (TPSA) is 99.3 Å². The molecule has 9 nitrogen and oxygen atoms in total. The van der Waals surface area contributed by atoms with Crippen LogP contribution in [0.5, 0.6) is 0 Å². The van der Waals surface area contributed by atoms with Gasteiger partial charge in [-0.25, -0.2) is 9.97 Å². The number of ether oxygens (including phenoxy) is 1. The van der Waals surface area contributed by atoms with Gasteiger partial charge in [-0.3, -0.25) is 23.5 Å². The minimum absolute atomic E-state index is 0.0174. The zero-order valence-electron chi connectivity index (χ0n) is 21.5. The van der Waals surface area contributed by atoms with Gasteiger partial charge >= 0.3 is 0 Å². The van der Waals surface area contributed by atoms with Gasteiger partial charge in [-0.2, -0.15) is 0 Å². The first-order valence-electron chi connectivity index (χ1n) is 12.6. The summed E-state index contributed by atoms with van der Waals surface area (Å²) in [5.41, 5.74) is 1.50. The largest absolute Gasteiger partial charge is 0.370 e. The van der Waals surface area contributed by atoms with E-state index >= 15 is 0 Å². The highest BCUT2D eigenvalue weighted by atomic mass is 32.2. The van der Waals surface area contributed by atoms with Crippen LogP contribution in [-0.2, 0) is 16.1 Å². The van der Waals surface area contributed by atoms with Gasteiger partial charge in [0.25, 0.3) is 11.1 Å². The second-order valence-electron chi connectivity index (χ2n) is 9.75. The van der Waals surface area contributed by atoms with E-state index in [1.165, 1.54) is 46.2 Å². The zero-order chi connectivity index (χ0) is 27.3. The number of fused-ring (bicyclic) bond motifs is 2. The molecule has 0 spiro atoms. The Bertz CT molecular complexity index is 1720. The summed E-state index contributed by atoms with van der Waals surface area (Å²) in [4.78, 5) is 52.5. The highest BCUT2D eigenvalue weighted by Gasteiger charge is 2.32. The van der Waals surface area contributed by atoms with Crippen LogP contribution in [0.4, 0.5) is 0 Å². The third kappa shape index (κ3) is 5.10. The number of allylic oxidation sites excluding steroid dienone is 1. The summed E-state index contributed by atoms with van der Waals surface area (Å²) in [5.74, 6) is 0.0810. The number of hydrogen-bond donors (Lipinski definition) is 0. The summed E-state index contributed by atoms with van der Waals surface area (Å²) >= 11 is 5.61. The molecule has 4 aromatic heterocycles. The molecule has 0 radical (unpaired) electrons. The third-order valence-electron chi connectivity index (χ3n) is 6.80. The first-order chi connectivity index (χ1) is 18.9. The van der Waals surface area contributed by atoms with Crippen molar-refractivity contribution in [1.82, 2.24) is 24.0 Å². The van der Waals surface area contributed by atoms with E-state index in [9.17, 15) is 14.4 Å². The van der Waals surface area contributed by atoms with Crippen molar-refractivity contribution in [3.8, 4) is 0 Å². The Hall–Kier alpha value is -2.45. The monoisotopic (exact) mass is 601 g/mol. The van der Waals surface area contributed by atoms with E-state index in [0.717, 1.165) is 29.1 Å². The molecule has 2 fully saturated rings. The van der Waals surface area contributed by atoms with Gasteiger partial charge < -0.3 is 9.64 Å². The molecule has 1 unspecified atom stereocenters. The number of nitrogens with zero attached hydrogens (tertiary/aromatic N) is 5. The van der Waals surface area contributed by atoms with Gasteiger partial charge in [0.1, 0.15) is 15.8 Å². The predicted molar refractivity (Wildman–Crippen MR) is 159 cm³/mol. The SMILES string of the molecule is C=C(C)Cn1c(SCC(=O)N2CCOC(c3csc4nc(SC)n(C5CC5)c(=O)c34)C2)nc2sccc2c1=O. The Morgan fingerprint density at radius 1 is 1.18 bits per heavy atom. The molecule has 0 N–H and O–H groups in total. The minimum atomic E-state index is -0.397. The van der Waals surface area contributed by atoms with Crippen LogP contribution in [-0.4, -0.2) is 61.6 Å². The number of amides is 1. The van der Waals surface area contributed by atoms with Gasteiger partial charge in [-0.05, 0) is 42.8 Å². The van der Waals surface area contributed by atoms with Crippen LogP contribution >= 0.6 is 46.2 Å². The summed E-state index contributed by atoms with van der Waals surface area (Å²) in [6.07, 6.45) is 3.53. The van der Waals surface area contributed by atoms with E-state index < -0.39 is 6.10 Å². The molecular formula is C26H27N5O4S4. The molecule has 0 aromatic carbocycles. The quantitative estimate of drug-likeness (QED) is 0.165. The van der Waals surface area contributed by atoms with Crippen LogP contribution in [0.3, 0.4) is 0 Å². The molecule has 13 heteroatoms. The average Bonchev–Trinajstić information content (AvgIpc) is 3.48. The average molecular weight is 602 g/mol. The number of carbonyl (C=O) groups excluding carboxylic acids is 1. The molecule has 2 aliphatic rings. The number of hydrogen-bond acceptors (Lipinski definition) is 10. The van der Waals surface area contributed by atoms with Crippen LogP contribution < -0.4 is 11.1 Å². The third-order valence-corrected chi connectivity index (χ3v) is 10.1. The number of morpholine rings is 1. The Labute approximate surface area is 240 Å². The summed E-state index contributed by atoms with van der Waals surface area (Å²) in [7, 11) is 0.